The Hall–Kier alpha value is -3.94. The number of benzene rings is 2. The minimum atomic E-state index is -1.02. The van der Waals surface area contributed by atoms with E-state index in [9.17, 15) is 20.0 Å². The van der Waals surface area contributed by atoms with Crippen LogP contribution in [0.5, 0.6) is 0 Å². The first kappa shape index (κ1) is 29.6. The van der Waals surface area contributed by atoms with Crippen LogP contribution in [-0.4, -0.2) is 52.9 Å². The van der Waals surface area contributed by atoms with Gasteiger partial charge in [-0.1, -0.05) is 49.2 Å². The number of hydrazine groups is 1. The van der Waals surface area contributed by atoms with Gasteiger partial charge in [-0.2, -0.15) is 10.4 Å². The number of amides is 1. The van der Waals surface area contributed by atoms with E-state index in [0.29, 0.717) is 19.4 Å². The highest BCUT2D eigenvalue weighted by molar-refractivity contribution is 5.96. The van der Waals surface area contributed by atoms with Gasteiger partial charge in [0.25, 0.3) is 0 Å². The monoisotopic (exact) mass is 533 g/mol. The molecule has 3 unspecified atom stereocenters. The van der Waals surface area contributed by atoms with Crippen LogP contribution in [0.25, 0.3) is 0 Å². The number of nitrogens with two attached hydrogens (primary N) is 2. The van der Waals surface area contributed by atoms with Gasteiger partial charge in [0, 0.05) is 12.6 Å². The van der Waals surface area contributed by atoms with Crippen molar-refractivity contribution in [3.05, 3.63) is 70.3 Å². The van der Waals surface area contributed by atoms with Crippen LogP contribution >= 0.6 is 0 Å². The van der Waals surface area contributed by atoms with Crippen molar-refractivity contribution in [3.63, 3.8) is 0 Å². The zero-order valence-corrected chi connectivity index (χ0v) is 22.9. The molecule has 2 aromatic carbocycles. The molecule has 1 heterocycles. The Morgan fingerprint density at radius 1 is 1.28 bits per heavy atom. The van der Waals surface area contributed by atoms with Gasteiger partial charge in [-0.15, -0.1) is 0 Å². The van der Waals surface area contributed by atoms with Gasteiger partial charge in [0.1, 0.15) is 11.9 Å². The molecule has 1 saturated heterocycles. The number of carboxylic acid groups (broad SMARTS) is 1. The highest BCUT2D eigenvalue weighted by Crippen LogP contribution is 2.40. The third-order valence-electron chi connectivity index (χ3n) is 7.42. The number of likely N-dealkylation sites (tertiary alicyclic amines) is 1. The minimum Gasteiger partial charge on any atom is -0.478 e. The number of nitriles is 1. The molecule has 1 fully saturated rings. The first-order valence-electron chi connectivity index (χ1n) is 13.3. The van der Waals surface area contributed by atoms with Crippen LogP contribution in [0.2, 0.25) is 0 Å². The number of carbonyl (C=O) groups is 2. The molecule has 10 nitrogen and oxygen atoms in total. The molecule has 3 atom stereocenters. The standard InChI is InChI=1S/C29H39N7O3/c1-4-6-22-15-19(2)8-13-25(22)29(28(31)34-35-32,23-11-9-21(10-12-23)27(38)39)16-20(3)33-18-26(37)36-14-5-7-24(36)17-30/h8-13,15,20,24,33,35H,4-7,14,16,18,32H2,1-3H3,(H2,31,34)(H,38,39). The van der Waals surface area contributed by atoms with Crippen molar-refractivity contribution in [3.8, 4) is 6.07 Å². The molecule has 7 N–H and O–H groups in total. The highest BCUT2D eigenvalue weighted by atomic mass is 16.4. The molecule has 0 saturated carbocycles. The number of aromatic carboxylic acids is 1. The smallest absolute Gasteiger partial charge is 0.335 e. The number of carboxylic acids is 1. The molecule has 3 rings (SSSR count). The molecule has 10 heteroatoms. The highest BCUT2D eigenvalue weighted by Gasteiger charge is 2.42. The number of aryl methyl sites for hydroxylation is 2. The Labute approximate surface area is 230 Å². The second-order valence-corrected chi connectivity index (χ2v) is 10.2. The van der Waals surface area contributed by atoms with Crippen LogP contribution < -0.4 is 22.4 Å². The fourth-order valence-corrected chi connectivity index (χ4v) is 5.55. The number of hydrogen-bond acceptors (Lipinski definition) is 7. The van der Waals surface area contributed by atoms with Crippen molar-refractivity contribution in [1.82, 2.24) is 15.8 Å². The molecule has 2 aromatic rings. The maximum absolute atomic E-state index is 12.9. The maximum atomic E-state index is 12.9. The molecule has 0 radical (unpaired) electrons. The zero-order chi connectivity index (χ0) is 28.6. The number of hydrogen-bond donors (Lipinski definition) is 5. The molecule has 0 aromatic heterocycles. The fraction of sp³-hybridized carbons (Fsp3) is 0.448. The van der Waals surface area contributed by atoms with Crippen LogP contribution in [0.1, 0.15) is 72.1 Å². The van der Waals surface area contributed by atoms with E-state index in [1.54, 1.807) is 29.2 Å². The minimum absolute atomic E-state index is 0.0787. The summed E-state index contributed by atoms with van der Waals surface area (Å²) in [6.45, 7) is 6.77. The predicted octanol–water partition coefficient (Wildman–Crippen LogP) is 2.55. The molecule has 39 heavy (non-hydrogen) atoms. The zero-order valence-electron chi connectivity index (χ0n) is 22.9. The summed E-state index contributed by atoms with van der Waals surface area (Å²) in [5.41, 5.74) is 12.1. The Kier molecular flexibility index (Phi) is 10.0. The summed E-state index contributed by atoms with van der Waals surface area (Å²) in [6, 6.07) is 14.4. The van der Waals surface area contributed by atoms with Crippen LogP contribution in [0.3, 0.4) is 0 Å². The normalized spacial score (nSPS) is 17.8. The quantitative estimate of drug-likeness (QED) is 0.120. The average molecular weight is 534 g/mol. The number of amidine groups is 1. The van der Waals surface area contributed by atoms with Gasteiger partial charge in [0.15, 0.2) is 0 Å². The van der Waals surface area contributed by atoms with Gasteiger partial charge in [-0.05, 0) is 68.4 Å². The van der Waals surface area contributed by atoms with Crippen LogP contribution in [0.15, 0.2) is 47.6 Å². The molecule has 208 valence electrons. The Balaban J connectivity index is 2.08. The number of nitrogens with one attached hydrogen (secondary N) is 2. The summed E-state index contributed by atoms with van der Waals surface area (Å²) in [7, 11) is 0. The molecule has 0 bridgehead atoms. The lowest BCUT2D eigenvalue weighted by Gasteiger charge is -2.38. The number of hydrazone groups is 1. The Bertz CT molecular complexity index is 1240. The Morgan fingerprint density at radius 3 is 2.62 bits per heavy atom. The second-order valence-electron chi connectivity index (χ2n) is 10.2. The summed E-state index contributed by atoms with van der Waals surface area (Å²) >= 11 is 0. The van der Waals surface area contributed by atoms with Crippen LogP contribution in [-0.2, 0) is 16.6 Å². The van der Waals surface area contributed by atoms with Crippen molar-refractivity contribution in [1.29, 1.82) is 5.26 Å². The summed E-state index contributed by atoms with van der Waals surface area (Å²) in [4.78, 5) is 26.1. The summed E-state index contributed by atoms with van der Waals surface area (Å²) in [6.07, 6.45) is 3.64. The van der Waals surface area contributed by atoms with Crippen molar-refractivity contribution >= 4 is 17.7 Å². The van der Waals surface area contributed by atoms with E-state index >= 15 is 0 Å². The first-order valence-corrected chi connectivity index (χ1v) is 13.3. The van der Waals surface area contributed by atoms with E-state index in [4.69, 9.17) is 11.6 Å². The first-order chi connectivity index (χ1) is 18.7. The lowest BCUT2D eigenvalue weighted by molar-refractivity contribution is -0.130. The van der Waals surface area contributed by atoms with Crippen molar-refractivity contribution in [2.45, 2.75) is 70.4 Å². The second kappa shape index (κ2) is 13.2. The topological polar surface area (TPSA) is 170 Å². The molecule has 1 aliphatic rings. The molecular formula is C29H39N7O3. The van der Waals surface area contributed by atoms with Gasteiger partial charge >= 0.3 is 5.97 Å². The molecule has 1 aliphatic heterocycles. The van der Waals surface area contributed by atoms with Gasteiger partial charge in [0.05, 0.1) is 23.6 Å². The largest absolute Gasteiger partial charge is 0.478 e. The van der Waals surface area contributed by atoms with E-state index in [1.165, 1.54) is 0 Å². The number of rotatable bonds is 12. The van der Waals surface area contributed by atoms with Crippen molar-refractivity contribution in [2.24, 2.45) is 16.7 Å². The summed E-state index contributed by atoms with van der Waals surface area (Å²) < 4.78 is 0. The van der Waals surface area contributed by atoms with Gasteiger partial charge in [-0.25, -0.2) is 16.2 Å². The fourth-order valence-electron chi connectivity index (χ4n) is 5.55. The molecule has 1 amide bonds. The van der Waals surface area contributed by atoms with Gasteiger partial charge in [0.2, 0.25) is 5.91 Å². The maximum Gasteiger partial charge on any atom is 0.335 e. The lowest BCUT2D eigenvalue weighted by atomic mass is 9.67. The third kappa shape index (κ3) is 6.56. The Morgan fingerprint density at radius 2 is 2.00 bits per heavy atom. The van der Waals surface area contributed by atoms with E-state index in [1.807, 2.05) is 26.0 Å². The number of carbonyl (C=O) groups excluding carboxylic acids is 1. The SMILES string of the molecule is CCCc1cc(C)ccc1C(CC(C)NCC(=O)N1CCCC1C#N)(/C(N)=N/NN)c1ccc(C(=O)O)cc1. The number of nitrogens with zero attached hydrogens (tertiary/aromatic N) is 3. The van der Waals surface area contributed by atoms with Crippen LogP contribution in [0, 0.1) is 18.3 Å². The van der Waals surface area contributed by atoms with E-state index in [-0.39, 0.29) is 35.9 Å². The summed E-state index contributed by atoms with van der Waals surface area (Å²) in [5, 5.41) is 26.4. The third-order valence-corrected chi connectivity index (χ3v) is 7.42. The molecule has 0 aliphatic carbocycles. The van der Waals surface area contributed by atoms with Gasteiger partial charge in [-0.3, -0.25) is 4.79 Å². The average Bonchev–Trinajstić information content (AvgIpc) is 3.40. The predicted molar refractivity (Wildman–Crippen MR) is 151 cm³/mol. The molecular weight excluding hydrogens is 494 g/mol. The molecule has 0 spiro atoms. The van der Waals surface area contributed by atoms with E-state index in [2.05, 4.69) is 35.0 Å². The van der Waals surface area contributed by atoms with Gasteiger partial charge < -0.3 is 21.1 Å². The summed E-state index contributed by atoms with van der Waals surface area (Å²) in [5.74, 6) is 4.69. The lowest BCUT2D eigenvalue weighted by Crippen LogP contribution is -2.50. The van der Waals surface area contributed by atoms with Crippen molar-refractivity contribution < 1.29 is 14.7 Å². The van der Waals surface area contributed by atoms with E-state index in [0.717, 1.165) is 41.5 Å². The van der Waals surface area contributed by atoms with E-state index < -0.39 is 11.4 Å². The van der Waals surface area contributed by atoms with Crippen molar-refractivity contribution in [2.75, 3.05) is 13.1 Å². The van der Waals surface area contributed by atoms with Crippen LogP contribution in [0.4, 0.5) is 0 Å².